The fraction of sp³-hybridized carbons (Fsp3) is 0.125. The van der Waals surface area contributed by atoms with E-state index in [1.165, 1.54) is 6.20 Å². The number of carbonyl (C=O) groups excluding carboxylic acids is 1. The van der Waals surface area contributed by atoms with Gasteiger partial charge in [0.15, 0.2) is 11.2 Å². The first-order valence-corrected chi connectivity index (χ1v) is 3.91. The van der Waals surface area contributed by atoms with Crippen molar-refractivity contribution in [2.45, 2.75) is 6.54 Å². The molecule has 0 radical (unpaired) electrons. The van der Waals surface area contributed by atoms with Gasteiger partial charge in [-0.1, -0.05) is 0 Å². The molecule has 0 fully saturated rings. The molecule has 6 nitrogen and oxygen atoms in total. The molecule has 0 saturated heterocycles. The summed E-state index contributed by atoms with van der Waals surface area (Å²) in [6.07, 6.45) is 1.51. The molecule has 2 rings (SSSR count). The number of rotatable bonds is 2. The Bertz CT molecular complexity index is 540. The predicted molar refractivity (Wildman–Crippen MR) is 47.5 cm³/mol. The first-order valence-electron chi connectivity index (χ1n) is 3.91. The van der Waals surface area contributed by atoms with Crippen LogP contribution in [0.1, 0.15) is 0 Å². The quantitative estimate of drug-likeness (QED) is 0.694. The Kier molecular flexibility index (Phi) is 1.81. The Hall–Kier alpha value is -2.11. The zero-order valence-electron chi connectivity index (χ0n) is 7.14. The van der Waals surface area contributed by atoms with Crippen molar-refractivity contribution in [1.29, 1.82) is 0 Å². The summed E-state index contributed by atoms with van der Waals surface area (Å²) in [5.41, 5.74) is 5.65. The van der Waals surface area contributed by atoms with E-state index in [1.807, 2.05) is 0 Å². The minimum absolute atomic E-state index is 0.219. The molecule has 2 N–H and O–H groups in total. The molecule has 2 aromatic heterocycles. The molecule has 72 valence electrons. The number of nitrogens with zero attached hydrogens (tertiary/aromatic N) is 2. The van der Waals surface area contributed by atoms with E-state index in [9.17, 15) is 9.59 Å². The summed E-state index contributed by atoms with van der Waals surface area (Å²) in [7, 11) is 0. The maximum atomic E-state index is 11.2. The lowest BCUT2D eigenvalue weighted by Crippen LogP contribution is -2.25. The molecule has 1 amide bonds. The van der Waals surface area contributed by atoms with Gasteiger partial charge in [0.05, 0.1) is 0 Å². The van der Waals surface area contributed by atoms with E-state index in [0.29, 0.717) is 11.2 Å². The first-order chi connectivity index (χ1) is 6.68. The standard InChI is InChI=1S/C8H7N3O3/c9-6(12)4-11-7-5(14-8(11)13)2-1-3-10-7/h1-3H,4H2,(H2,9,12). The molecule has 14 heavy (non-hydrogen) atoms. The summed E-state index contributed by atoms with van der Waals surface area (Å²) >= 11 is 0. The average Bonchev–Trinajstić information content (AvgIpc) is 2.43. The summed E-state index contributed by atoms with van der Waals surface area (Å²) < 4.78 is 5.93. The van der Waals surface area contributed by atoms with E-state index in [2.05, 4.69) is 4.98 Å². The Morgan fingerprint density at radius 1 is 1.64 bits per heavy atom. The molecule has 0 atom stereocenters. The van der Waals surface area contributed by atoms with Gasteiger partial charge in [-0.25, -0.2) is 14.3 Å². The van der Waals surface area contributed by atoms with Crippen molar-refractivity contribution < 1.29 is 9.21 Å². The number of hydrogen-bond donors (Lipinski definition) is 1. The summed E-state index contributed by atoms with van der Waals surface area (Å²) in [6, 6.07) is 3.24. The van der Waals surface area contributed by atoms with Crippen LogP contribution in [0.3, 0.4) is 0 Å². The largest absolute Gasteiger partial charge is 0.421 e. The molecule has 0 aromatic carbocycles. The second kappa shape index (κ2) is 2.99. The zero-order chi connectivity index (χ0) is 10.1. The molecule has 2 aromatic rings. The average molecular weight is 193 g/mol. The minimum Gasteiger partial charge on any atom is -0.406 e. The Morgan fingerprint density at radius 3 is 3.14 bits per heavy atom. The molecular formula is C8H7N3O3. The van der Waals surface area contributed by atoms with E-state index >= 15 is 0 Å². The number of amides is 1. The van der Waals surface area contributed by atoms with Gasteiger partial charge in [0, 0.05) is 6.20 Å². The highest BCUT2D eigenvalue weighted by Gasteiger charge is 2.10. The van der Waals surface area contributed by atoms with Crippen LogP contribution in [-0.4, -0.2) is 15.5 Å². The second-order valence-corrected chi connectivity index (χ2v) is 2.75. The Balaban J connectivity index is 2.68. The molecule has 0 aliphatic carbocycles. The highest BCUT2D eigenvalue weighted by Crippen LogP contribution is 2.07. The summed E-state index contributed by atoms with van der Waals surface area (Å²) in [4.78, 5) is 25.8. The van der Waals surface area contributed by atoms with Crippen LogP contribution in [-0.2, 0) is 11.3 Å². The zero-order valence-corrected chi connectivity index (χ0v) is 7.14. The smallest absolute Gasteiger partial charge is 0.406 e. The van der Waals surface area contributed by atoms with Gasteiger partial charge in [-0.15, -0.1) is 0 Å². The fourth-order valence-corrected chi connectivity index (χ4v) is 1.20. The van der Waals surface area contributed by atoms with E-state index in [-0.39, 0.29) is 6.54 Å². The molecule has 0 saturated carbocycles. The number of oxazole rings is 1. The van der Waals surface area contributed by atoms with E-state index in [0.717, 1.165) is 4.57 Å². The minimum atomic E-state index is -0.627. The van der Waals surface area contributed by atoms with E-state index in [4.69, 9.17) is 10.2 Å². The van der Waals surface area contributed by atoms with Gasteiger partial charge in [0.2, 0.25) is 5.91 Å². The normalized spacial score (nSPS) is 10.6. The molecule has 0 aliphatic heterocycles. The van der Waals surface area contributed by atoms with Crippen LogP contribution >= 0.6 is 0 Å². The van der Waals surface area contributed by atoms with Gasteiger partial charge in [0.25, 0.3) is 0 Å². The second-order valence-electron chi connectivity index (χ2n) is 2.75. The van der Waals surface area contributed by atoms with Gasteiger partial charge in [0.1, 0.15) is 6.54 Å². The molecule has 6 heteroatoms. The molecule has 0 unspecified atom stereocenters. The third-order valence-corrected chi connectivity index (χ3v) is 1.74. The van der Waals surface area contributed by atoms with Crippen LogP contribution in [0.15, 0.2) is 27.5 Å². The number of hydrogen-bond acceptors (Lipinski definition) is 4. The van der Waals surface area contributed by atoms with Crippen molar-refractivity contribution in [3.05, 3.63) is 28.9 Å². The molecule has 0 aliphatic rings. The summed E-state index contributed by atoms with van der Waals surface area (Å²) in [5.74, 6) is -1.24. The van der Waals surface area contributed by atoms with Gasteiger partial charge < -0.3 is 10.2 Å². The first kappa shape index (κ1) is 8.49. The van der Waals surface area contributed by atoms with E-state index < -0.39 is 11.7 Å². The molecule has 0 spiro atoms. The highest BCUT2D eigenvalue weighted by atomic mass is 16.4. The highest BCUT2D eigenvalue weighted by molar-refractivity contribution is 5.76. The number of nitrogens with two attached hydrogens (primary N) is 1. The van der Waals surface area contributed by atoms with Gasteiger partial charge in [-0.2, -0.15) is 0 Å². The molecular weight excluding hydrogens is 186 g/mol. The van der Waals surface area contributed by atoms with Crippen LogP contribution in [0.4, 0.5) is 0 Å². The van der Waals surface area contributed by atoms with Crippen molar-refractivity contribution in [1.82, 2.24) is 9.55 Å². The summed E-state index contributed by atoms with van der Waals surface area (Å²) in [5, 5.41) is 0. The van der Waals surface area contributed by atoms with Crippen molar-refractivity contribution >= 4 is 17.1 Å². The van der Waals surface area contributed by atoms with Crippen molar-refractivity contribution in [2.24, 2.45) is 5.73 Å². The van der Waals surface area contributed by atoms with Crippen molar-refractivity contribution in [3.8, 4) is 0 Å². The summed E-state index contributed by atoms with van der Waals surface area (Å²) in [6.45, 7) is -0.219. The van der Waals surface area contributed by atoms with Crippen LogP contribution in [0, 0.1) is 0 Å². The molecule has 0 bridgehead atoms. The number of primary amides is 1. The van der Waals surface area contributed by atoms with Gasteiger partial charge in [-0.05, 0) is 12.1 Å². The third-order valence-electron chi connectivity index (χ3n) is 1.74. The SMILES string of the molecule is NC(=O)Cn1c(=O)oc2cccnc21. The topological polar surface area (TPSA) is 91.1 Å². The van der Waals surface area contributed by atoms with Crippen molar-refractivity contribution in [3.63, 3.8) is 0 Å². The predicted octanol–water partition coefficient (Wildman–Crippen LogP) is -0.525. The maximum absolute atomic E-state index is 11.2. The van der Waals surface area contributed by atoms with Crippen molar-refractivity contribution in [2.75, 3.05) is 0 Å². The lowest BCUT2D eigenvalue weighted by molar-refractivity contribution is -0.118. The Labute approximate surface area is 77.9 Å². The number of pyridine rings is 1. The lowest BCUT2D eigenvalue weighted by Gasteiger charge is -1.95. The van der Waals surface area contributed by atoms with Crippen LogP contribution in [0.25, 0.3) is 11.2 Å². The lowest BCUT2D eigenvalue weighted by atomic mass is 10.4. The fourth-order valence-electron chi connectivity index (χ4n) is 1.20. The van der Waals surface area contributed by atoms with E-state index in [1.54, 1.807) is 12.1 Å². The van der Waals surface area contributed by atoms with Gasteiger partial charge >= 0.3 is 5.76 Å². The van der Waals surface area contributed by atoms with Crippen LogP contribution < -0.4 is 11.5 Å². The van der Waals surface area contributed by atoms with Crippen LogP contribution in [0.5, 0.6) is 0 Å². The third kappa shape index (κ3) is 1.26. The number of carbonyl (C=O) groups is 1. The monoisotopic (exact) mass is 193 g/mol. The Morgan fingerprint density at radius 2 is 2.43 bits per heavy atom. The molecule has 2 heterocycles. The number of fused-ring (bicyclic) bond motifs is 1. The number of aromatic nitrogens is 2. The maximum Gasteiger partial charge on any atom is 0.421 e. The van der Waals surface area contributed by atoms with Crippen LogP contribution in [0.2, 0.25) is 0 Å². The van der Waals surface area contributed by atoms with Gasteiger partial charge in [-0.3, -0.25) is 4.79 Å².